The zero-order valence-electron chi connectivity index (χ0n) is 24.6. The summed E-state index contributed by atoms with van der Waals surface area (Å²) in [6.07, 6.45) is -6.94. The quantitative estimate of drug-likeness (QED) is 0.143. The maximum Gasteiger partial charge on any atom is 0.455 e. The monoisotopic (exact) mass is 635 g/mol. The first-order valence-electron chi connectivity index (χ1n) is 14.8. The van der Waals surface area contributed by atoms with Crippen LogP contribution in [0.15, 0.2) is 59.2 Å². The molecule has 2 heterocycles. The molecule has 0 saturated carbocycles. The van der Waals surface area contributed by atoms with Crippen molar-refractivity contribution in [1.82, 2.24) is 0 Å². The third-order valence-corrected chi connectivity index (χ3v) is 9.04. The second-order valence-electron chi connectivity index (χ2n) is 11.7. The van der Waals surface area contributed by atoms with E-state index in [0.717, 1.165) is 16.7 Å². The van der Waals surface area contributed by atoms with Crippen LogP contribution in [0.25, 0.3) is 6.08 Å². The van der Waals surface area contributed by atoms with Crippen molar-refractivity contribution >= 4 is 30.7 Å². The van der Waals surface area contributed by atoms with E-state index in [0.29, 0.717) is 48.3 Å². The Hall–Kier alpha value is -3.58. The number of aromatic hydroxyl groups is 1. The van der Waals surface area contributed by atoms with Gasteiger partial charge in [-0.25, -0.2) is 4.90 Å². The molecule has 2 amide bonds. The van der Waals surface area contributed by atoms with Crippen LogP contribution in [-0.2, 0) is 26.6 Å². The largest absolute Gasteiger partial charge is 0.507 e. The molecule has 3 aliphatic rings. The molecule has 2 fully saturated rings. The number of carbonyl (C=O) groups excluding carboxylic acids is 2. The van der Waals surface area contributed by atoms with Gasteiger partial charge in [-0.1, -0.05) is 49.3 Å². The molecule has 2 saturated heterocycles. The number of alkyl halides is 6. The van der Waals surface area contributed by atoms with Gasteiger partial charge in [0.15, 0.2) is 0 Å². The van der Waals surface area contributed by atoms with E-state index >= 15 is 0 Å². The van der Waals surface area contributed by atoms with Crippen molar-refractivity contribution in [2.24, 2.45) is 17.8 Å². The highest BCUT2D eigenvalue weighted by Gasteiger charge is 2.57. The second-order valence-corrected chi connectivity index (χ2v) is 11.7. The molecular formula is C32H32BF6NO5. The van der Waals surface area contributed by atoms with Crippen molar-refractivity contribution in [2.45, 2.75) is 70.7 Å². The molecule has 6 nitrogen and oxygen atoms in total. The van der Waals surface area contributed by atoms with E-state index in [2.05, 4.69) is 0 Å². The summed E-state index contributed by atoms with van der Waals surface area (Å²) < 4.78 is 87.5. The number of rotatable bonds is 7. The van der Waals surface area contributed by atoms with Crippen LogP contribution in [0.3, 0.4) is 0 Å². The van der Waals surface area contributed by atoms with Gasteiger partial charge in [0.25, 0.3) is 0 Å². The number of nitrogens with zero attached hydrogens (tertiary/aromatic N) is 1. The number of para-hydroxylation sites is 1. The minimum Gasteiger partial charge on any atom is -0.507 e. The number of benzene rings is 2. The first kappa shape index (κ1) is 32.8. The summed E-state index contributed by atoms with van der Waals surface area (Å²) in [5, 5.41) is 20.9. The maximum absolute atomic E-state index is 13.8. The molecule has 0 spiro atoms. The fourth-order valence-electron chi connectivity index (χ4n) is 6.92. The Labute approximate surface area is 256 Å². The Bertz CT molecular complexity index is 1520. The number of allylic oxidation sites excluding steroid dienone is 2. The maximum atomic E-state index is 13.8. The molecule has 2 aliphatic heterocycles. The molecule has 13 heteroatoms. The lowest BCUT2D eigenvalue weighted by Crippen LogP contribution is -2.46. The van der Waals surface area contributed by atoms with Gasteiger partial charge in [-0.05, 0) is 74.2 Å². The number of imide groups is 1. The number of hydrogen-bond acceptors (Lipinski definition) is 5. The van der Waals surface area contributed by atoms with Crippen molar-refractivity contribution in [3.63, 3.8) is 0 Å². The molecule has 1 aliphatic carbocycles. The average molecular weight is 635 g/mol. The standard InChI is InChI=1S/C32H32BF6NO5/c1-3-17(11-19-7-5-6-8-25(19)41)9-10-26-27-18(4-2)12-23-28(24(27)16-33(44)45-26)30(43)40(29(23)42)22-14-20(31(34,35)36)13-21(15-22)32(37,38)39/h5-8,11,13-15,23-24,26,28,41,44H,3-4,9-10,12,16H2,1-2H3/b17-11+/t23-,24+,26-,28-/m1/s1. The van der Waals surface area contributed by atoms with Gasteiger partial charge in [0.05, 0.1) is 34.8 Å². The number of fused-ring (bicyclic) bond motifs is 3. The van der Waals surface area contributed by atoms with Gasteiger partial charge in [-0.15, -0.1) is 0 Å². The fraction of sp³-hybridized carbons (Fsp3) is 0.438. The van der Waals surface area contributed by atoms with Gasteiger partial charge < -0.3 is 14.8 Å². The number of phenolic OH excluding ortho intramolecular Hbond substituents is 1. The Morgan fingerprint density at radius 3 is 2.22 bits per heavy atom. The van der Waals surface area contributed by atoms with Crippen LogP contribution < -0.4 is 4.90 Å². The average Bonchev–Trinajstić information content (AvgIpc) is 3.23. The highest BCUT2D eigenvalue weighted by Crippen LogP contribution is 2.52. The van der Waals surface area contributed by atoms with E-state index in [1.807, 2.05) is 19.9 Å². The van der Waals surface area contributed by atoms with Gasteiger partial charge in [0.1, 0.15) is 5.75 Å². The van der Waals surface area contributed by atoms with Crippen molar-refractivity contribution < 1.29 is 50.7 Å². The predicted octanol–water partition coefficient (Wildman–Crippen LogP) is 7.42. The van der Waals surface area contributed by atoms with Gasteiger partial charge in [-0.2, -0.15) is 26.3 Å². The lowest BCUT2D eigenvalue weighted by molar-refractivity contribution is -0.143. The normalized spacial score (nSPS) is 24.3. The van der Waals surface area contributed by atoms with Gasteiger partial charge in [-0.3, -0.25) is 9.59 Å². The number of carbonyl (C=O) groups is 2. The molecule has 240 valence electrons. The van der Waals surface area contributed by atoms with E-state index in [9.17, 15) is 46.1 Å². The molecule has 0 bridgehead atoms. The van der Waals surface area contributed by atoms with E-state index in [4.69, 9.17) is 4.65 Å². The second kappa shape index (κ2) is 12.3. The molecule has 2 N–H and O–H groups in total. The summed E-state index contributed by atoms with van der Waals surface area (Å²) in [5.74, 6) is -4.39. The molecule has 5 rings (SSSR count). The highest BCUT2D eigenvalue weighted by atomic mass is 19.4. The van der Waals surface area contributed by atoms with Crippen molar-refractivity contribution in [2.75, 3.05) is 4.90 Å². The topological polar surface area (TPSA) is 87.1 Å². The van der Waals surface area contributed by atoms with Crippen LogP contribution >= 0.6 is 0 Å². The van der Waals surface area contributed by atoms with E-state index in [1.165, 1.54) is 0 Å². The predicted molar refractivity (Wildman–Crippen MR) is 155 cm³/mol. The Kier molecular flexibility index (Phi) is 8.98. The van der Waals surface area contributed by atoms with Crippen molar-refractivity contribution in [3.8, 4) is 5.75 Å². The van der Waals surface area contributed by atoms with E-state index in [1.54, 1.807) is 24.3 Å². The zero-order chi connectivity index (χ0) is 32.8. The molecule has 4 atom stereocenters. The van der Waals surface area contributed by atoms with Crippen LogP contribution in [-0.4, -0.2) is 35.2 Å². The molecule has 0 radical (unpaired) electrons. The van der Waals surface area contributed by atoms with Crippen LogP contribution in [0.1, 0.15) is 62.6 Å². The smallest absolute Gasteiger partial charge is 0.455 e. The first-order valence-corrected chi connectivity index (χ1v) is 14.8. The minimum absolute atomic E-state index is 0.0475. The molecule has 0 aromatic heterocycles. The number of amides is 2. The number of halogens is 6. The van der Waals surface area contributed by atoms with Crippen LogP contribution in [0, 0.1) is 17.8 Å². The number of anilines is 1. The van der Waals surface area contributed by atoms with Crippen LogP contribution in [0.4, 0.5) is 32.0 Å². The van der Waals surface area contributed by atoms with E-state index in [-0.39, 0.29) is 24.6 Å². The Morgan fingerprint density at radius 2 is 1.64 bits per heavy atom. The minimum atomic E-state index is -5.15. The lowest BCUT2D eigenvalue weighted by atomic mass is 9.58. The van der Waals surface area contributed by atoms with Crippen molar-refractivity contribution in [1.29, 1.82) is 0 Å². The molecule has 0 unspecified atom stereocenters. The van der Waals surface area contributed by atoms with Gasteiger partial charge in [0.2, 0.25) is 11.8 Å². The lowest BCUT2D eigenvalue weighted by Gasteiger charge is -2.43. The van der Waals surface area contributed by atoms with Gasteiger partial charge >= 0.3 is 19.5 Å². The summed E-state index contributed by atoms with van der Waals surface area (Å²) in [4.78, 5) is 27.9. The summed E-state index contributed by atoms with van der Waals surface area (Å²) in [6.45, 7) is 3.82. The summed E-state index contributed by atoms with van der Waals surface area (Å²) in [6, 6.07) is 7.60. The third-order valence-electron chi connectivity index (χ3n) is 9.04. The third kappa shape index (κ3) is 6.42. The molecule has 2 aromatic rings. The van der Waals surface area contributed by atoms with Crippen molar-refractivity contribution in [3.05, 3.63) is 75.9 Å². The zero-order valence-corrected chi connectivity index (χ0v) is 24.6. The number of phenols is 1. The first-order chi connectivity index (χ1) is 21.1. The van der Waals surface area contributed by atoms with Crippen LogP contribution in [0.5, 0.6) is 5.75 Å². The van der Waals surface area contributed by atoms with E-state index < -0.39 is 72.0 Å². The summed E-state index contributed by atoms with van der Waals surface area (Å²) in [7, 11) is -1.30. The van der Waals surface area contributed by atoms with Gasteiger partial charge in [0, 0.05) is 5.56 Å². The fourth-order valence-corrected chi connectivity index (χ4v) is 6.92. The highest BCUT2D eigenvalue weighted by molar-refractivity contribution is 6.43. The SMILES string of the molecule is CCC1=C2[C@@H](CC/C(=C/c3ccccc3O)CC)OB(O)C[C@@H]2[C@@H]2C(=O)N(c3cc(C(F)(F)F)cc(C(F)(F)F)c3)C(=O)[C@@H]2C1. The Morgan fingerprint density at radius 1 is 1.00 bits per heavy atom. The molecular weight excluding hydrogens is 603 g/mol. The summed E-state index contributed by atoms with van der Waals surface area (Å²) >= 11 is 0. The molecule has 2 aromatic carbocycles. The molecule has 45 heavy (non-hydrogen) atoms. The Balaban J connectivity index is 1.48. The number of hydrogen-bond donors (Lipinski definition) is 2. The summed E-state index contributed by atoms with van der Waals surface area (Å²) in [5.41, 5.74) is -0.820. The van der Waals surface area contributed by atoms with Crippen LogP contribution in [0.2, 0.25) is 6.32 Å².